The van der Waals surface area contributed by atoms with Crippen LogP contribution in [-0.4, -0.2) is 10.7 Å². The van der Waals surface area contributed by atoms with E-state index >= 15 is 0 Å². The van der Waals surface area contributed by atoms with Crippen LogP contribution >= 0.6 is 34.7 Å². The predicted molar refractivity (Wildman–Crippen MR) is 81.5 cm³/mol. The minimum absolute atomic E-state index is 0.547. The van der Waals surface area contributed by atoms with Crippen LogP contribution in [0.4, 0.5) is 0 Å². The normalized spacial score (nSPS) is 9.79. The molecule has 0 atom stereocenters. The highest BCUT2D eigenvalue weighted by Gasteiger charge is 2.01. The Morgan fingerprint density at radius 1 is 0.947 bits per heavy atom. The maximum atomic E-state index is 10.4. The molecule has 0 bridgehead atoms. The van der Waals surface area contributed by atoms with Crippen molar-refractivity contribution >= 4 is 51.1 Å². The molecule has 0 unspecified atom stereocenters. The number of aldehydes is 1. The van der Waals surface area contributed by atoms with Crippen LogP contribution in [0.3, 0.4) is 0 Å². The van der Waals surface area contributed by atoms with Gasteiger partial charge in [0, 0.05) is 5.39 Å². The fourth-order valence-corrected chi connectivity index (χ4v) is 2.45. The quantitative estimate of drug-likeness (QED) is 0.585. The van der Waals surface area contributed by atoms with Crippen LogP contribution in [0, 0.1) is 0 Å². The summed E-state index contributed by atoms with van der Waals surface area (Å²) in [6.45, 7) is 0. The van der Waals surface area contributed by atoms with E-state index in [0.29, 0.717) is 15.7 Å². The highest BCUT2D eigenvalue weighted by Crippen LogP contribution is 2.20. The van der Waals surface area contributed by atoms with Crippen molar-refractivity contribution < 1.29 is 4.79 Å². The Kier molecular flexibility index (Phi) is 4.91. The van der Waals surface area contributed by atoms with Gasteiger partial charge in [-0.3, -0.25) is 4.79 Å². The first kappa shape index (κ1) is 14.0. The van der Waals surface area contributed by atoms with Crippen LogP contribution in [0.5, 0.6) is 0 Å². The molecule has 96 valence electrons. The van der Waals surface area contributed by atoms with Gasteiger partial charge in [0.15, 0.2) is 6.29 Å². The topological polar surface area (TPSA) is 30.0 Å². The minimum atomic E-state index is 0.547. The van der Waals surface area contributed by atoms with Gasteiger partial charge in [-0.25, -0.2) is 0 Å². The molecule has 1 heterocycles. The van der Waals surface area contributed by atoms with Gasteiger partial charge in [0.2, 0.25) is 0 Å². The number of hydrogen-bond acceptors (Lipinski definition) is 3. The summed E-state index contributed by atoms with van der Waals surface area (Å²) in [5.41, 5.74) is 0.547. The van der Waals surface area contributed by atoms with E-state index in [4.69, 9.17) is 23.2 Å². The molecule has 5 heteroatoms. The molecule has 0 saturated carbocycles. The summed E-state index contributed by atoms with van der Waals surface area (Å²) in [4.78, 5) is 10.4. The van der Waals surface area contributed by atoms with Gasteiger partial charge >= 0.3 is 0 Å². The molecule has 0 aliphatic heterocycles. The maximum Gasteiger partial charge on any atom is 0.170 e. The number of halogens is 2. The van der Waals surface area contributed by atoms with Crippen molar-refractivity contribution in [3.63, 3.8) is 0 Å². The van der Waals surface area contributed by atoms with E-state index in [1.807, 2.05) is 36.4 Å². The molecule has 1 aromatic heterocycles. The number of hydrogen-bond donors (Lipinski definition) is 0. The predicted octanol–water partition coefficient (Wildman–Crippen LogP) is 5.10. The van der Waals surface area contributed by atoms with Gasteiger partial charge in [0.25, 0.3) is 0 Å². The smallest absolute Gasteiger partial charge is 0.170 e. The van der Waals surface area contributed by atoms with Gasteiger partial charge in [-0.05, 0) is 29.7 Å². The van der Waals surface area contributed by atoms with Gasteiger partial charge in [-0.1, -0.05) is 53.5 Å². The summed E-state index contributed by atoms with van der Waals surface area (Å²) < 4.78 is 5.05. The molecule has 0 radical (unpaired) electrons. The zero-order chi connectivity index (χ0) is 13.7. The van der Waals surface area contributed by atoms with Crippen molar-refractivity contribution in [1.82, 2.24) is 4.37 Å². The van der Waals surface area contributed by atoms with Crippen LogP contribution in [0.1, 0.15) is 10.5 Å². The molecule has 19 heavy (non-hydrogen) atoms. The molecule has 0 aliphatic carbocycles. The van der Waals surface area contributed by atoms with Crippen LogP contribution in [0.15, 0.2) is 48.5 Å². The Balaban J connectivity index is 0.000000148. The van der Waals surface area contributed by atoms with Crippen molar-refractivity contribution in [2.24, 2.45) is 0 Å². The largest absolute Gasteiger partial charge is 0.296 e. The van der Waals surface area contributed by atoms with Crippen molar-refractivity contribution in [3.05, 3.63) is 64.3 Å². The lowest BCUT2D eigenvalue weighted by molar-refractivity contribution is 0.112. The first-order valence-corrected chi connectivity index (χ1v) is 6.95. The minimum Gasteiger partial charge on any atom is -0.296 e. The van der Waals surface area contributed by atoms with E-state index < -0.39 is 0 Å². The van der Waals surface area contributed by atoms with Crippen LogP contribution in [-0.2, 0) is 0 Å². The Bertz CT molecular complexity index is 675. The number of benzene rings is 2. The van der Waals surface area contributed by atoms with Crippen LogP contribution in [0.25, 0.3) is 10.1 Å². The number of carbonyl (C=O) groups is 1. The third-order valence-corrected chi connectivity index (χ3v) is 3.94. The van der Waals surface area contributed by atoms with Gasteiger partial charge in [-0.15, -0.1) is 0 Å². The standard InChI is InChI=1S/C8H5NOS.C6H4Cl2/c10-5-7-6-3-1-2-4-8(6)11-9-7;7-5-3-1-2-4-6(5)8/h1-5H;1-4H. The van der Waals surface area contributed by atoms with Gasteiger partial charge in [0.05, 0.1) is 14.7 Å². The van der Waals surface area contributed by atoms with Crippen molar-refractivity contribution in [2.75, 3.05) is 0 Å². The Hall–Kier alpha value is -1.42. The highest BCUT2D eigenvalue weighted by molar-refractivity contribution is 7.13. The average Bonchev–Trinajstić information content (AvgIpc) is 2.86. The Morgan fingerprint density at radius 2 is 1.53 bits per heavy atom. The molecule has 0 N–H and O–H groups in total. The number of carbonyl (C=O) groups excluding carboxylic acids is 1. The Labute approximate surface area is 124 Å². The molecule has 0 saturated heterocycles. The van der Waals surface area contributed by atoms with Crippen LogP contribution in [0.2, 0.25) is 10.0 Å². The molecular formula is C14H9Cl2NOS. The second kappa shape index (κ2) is 6.66. The van der Waals surface area contributed by atoms with Crippen LogP contribution < -0.4 is 0 Å². The number of rotatable bonds is 1. The summed E-state index contributed by atoms with van der Waals surface area (Å²) in [5.74, 6) is 0. The van der Waals surface area contributed by atoms with E-state index in [2.05, 4.69) is 4.37 Å². The fraction of sp³-hybridized carbons (Fsp3) is 0. The van der Waals surface area contributed by atoms with Crippen molar-refractivity contribution in [1.29, 1.82) is 0 Å². The second-order valence-electron chi connectivity index (χ2n) is 3.60. The number of nitrogens with zero attached hydrogens (tertiary/aromatic N) is 1. The summed E-state index contributed by atoms with van der Waals surface area (Å²) >= 11 is 12.5. The summed E-state index contributed by atoms with van der Waals surface area (Å²) in [7, 11) is 0. The van der Waals surface area contributed by atoms with Gasteiger partial charge in [0.1, 0.15) is 5.69 Å². The van der Waals surface area contributed by atoms with Gasteiger partial charge in [-0.2, -0.15) is 4.37 Å². The van der Waals surface area contributed by atoms with Crippen molar-refractivity contribution in [3.8, 4) is 0 Å². The molecule has 0 aliphatic rings. The molecule has 0 fully saturated rings. The third-order valence-electron chi connectivity index (χ3n) is 2.34. The Morgan fingerprint density at radius 3 is 2.11 bits per heavy atom. The lowest BCUT2D eigenvalue weighted by atomic mass is 10.2. The monoisotopic (exact) mass is 309 g/mol. The lowest BCUT2D eigenvalue weighted by Gasteiger charge is -1.88. The second-order valence-corrected chi connectivity index (χ2v) is 5.22. The highest BCUT2D eigenvalue weighted by atomic mass is 35.5. The maximum absolute atomic E-state index is 10.4. The first-order chi connectivity index (χ1) is 9.22. The lowest BCUT2D eigenvalue weighted by Crippen LogP contribution is -1.76. The first-order valence-electron chi connectivity index (χ1n) is 5.42. The molecular weight excluding hydrogens is 301 g/mol. The van der Waals surface area contributed by atoms with E-state index in [9.17, 15) is 4.79 Å². The molecule has 2 aromatic carbocycles. The summed E-state index contributed by atoms with van der Waals surface area (Å²) in [6, 6.07) is 14.9. The average molecular weight is 310 g/mol. The van der Waals surface area contributed by atoms with E-state index in [0.717, 1.165) is 16.4 Å². The van der Waals surface area contributed by atoms with E-state index in [1.165, 1.54) is 11.5 Å². The summed E-state index contributed by atoms with van der Waals surface area (Å²) in [5, 5.41) is 2.16. The van der Waals surface area contributed by atoms with E-state index in [-0.39, 0.29) is 0 Å². The van der Waals surface area contributed by atoms with E-state index in [1.54, 1.807) is 12.1 Å². The molecule has 0 spiro atoms. The number of fused-ring (bicyclic) bond motifs is 1. The zero-order valence-corrected chi connectivity index (χ0v) is 12.0. The molecule has 2 nitrogen and oxygen atoms in total. The SMILES string of the molecule is Clc1ccccc1Cl.O=Cc1nsc2ccccc12. The van der Waals surface area contributed by atoms with Crippen molar-refractivity contribution in [2.45, 2.75) is 0 Å². The zero-order valence-electron chi connectivity index (χ0n) is 9.72. The van der Waals surface area contributed by atoms with Gasteiger partial charge < -0.3 is 0 Å². The molecule has 3 aromatic rings. The fourth-order valence-electron chi connectivity index (χ4n) is 1.43. The molecule has 3 rings (SSSR count). The molecule has 0 amide bonds. The number of aromatic nitrogens is 1. The third kappa shape index (κ3) is 3.53. The summed E-state index contributed by atoms with van der Waals surface area (Å²) in [6.07, 6.45) is 0.791.